The van der Waals surface area contributed by atoms with Gasteiger partial charge in [0.2, 0.25) is 0 Å². The van der Waals surface area contributed by atoms with Gasteiger partial charge in [0.05, 0.1) is 7.11 Å². The van der Waals surface area contributed by atoms with Crippen LogP contribution in [0, 0.1) is 5.82 Å². The van der Waals surface area contributed by atoms with Crippen LogP contribution in [-0.2, 0) is 7.05 Å². The third-order valence-corrected chi connectivity index (χ3v) is 4.41. The lowest BCUT2D eigenvalue weighted by molar-refractivity contribution is 0.102. The lowest BCUT2D eigenvalue weighted by atomic mass is 10.2. The third-order valence-electron chi connectivity index (χ3n) is 4.41. The van der Waals surface area contributed by atoms with E-state index in [9.17, 15) is 9.18 Å². The number of halogens is 1. The highest BCUT2D eigenvalue weighted by Gasteiger charge is 2.13. The van der Waals surface area contributed by atoms with E-state index in [-0.39, 0.29) is 11.7 Å². The maximum Gasteiger partial charge on any atom is 0.256 e. The minimum atomic E-state index is -0.302. The summed E-state index contributed by atoms with van der Waals surface area (Å²) in [6.45, 7) is 4.00. The third kappa shape index (κ3) is 4.30. The Labute approximate surface area is 174 Å². The molecule has 0 spiro atoms. The summed E-state index contributed by atoms with van der Waals surface area (Å²) in [5.41, 5.74) is 2.58. The number of carbonyl (C=O) groups is 1. The first-order valence-electron chi connectivity index (χ1n) is 9.60. The van der Waals surface area contributed by atoms with E-state index in [0.29, 0.717) is 34.1 Å². The Bertz CT molecular complexity index is 1150. The summed E-state index contributed by atoms with van der Waals surface area (Å²) in [5, 5.41) is 2.79. The number of anilines is 1. The molecule has 4 rings (SSSR count). The van der Waals surface area contributed by atoms with Crippen molar-refractivity contribution in [3.8, 4) is 17.1 Å². The maximum atomic E-state index is 13.2. The largest absolute Gasteiger partial charge is 0.497 e. The number of benzene rings is 2. The molecule has 154 valence electrons. The Morgan fingerprint density at radius 2 is 1.63 bits per heavy atom. The zero-order chi connectivity index (χ0) is 21.7. The number of fused-ring (bicyclic) bond motifs is 1. The van der Waals surface area contributed by atoms with Gasteiger partial charge in [0.25, 0.3) is 5.91 Å². The number of hydrogen-bond donors (Lipinski definition) is 1. The number of imidazole rings is 1. The maximum absolute atomic E-state index is 13.2. The van der Waals surface area contributed by atoms with Crippen LogP contribution in [0.25, 0.3) is 22.6 Å². The van der Waals surface area contributed by atoms with Crippen molar-refractivity contribution in [3.05, 3.63) is 72.0 Å². The molecule has 0 radical (unpaired) electrons. The second-order valence-electron chi connectivity index (χ2n) is 6.22. The second-order valence-corrected chi connectivity index (χ2v) is 6.22. The van der Waals surface area contributed by atoms with Gasteiger partial charge < -0.3 is 14.6 Å². The van der Waals surface area contributed by atoms with Gasteiger partial charge in [-0.15, -0.1) is 0 Å². The lowest BCUT2D eigenvalue weighted by Gasteiger charge is -2.06. The van der Waals surface area contributed by atoms with Crippen molar-refractivity contribution < 1.29 is 13.9 Å². The summed E-state index contributed by atoms with van der Waals surface area (Å²) in [6.07, 6.45) is 0. The SMILES string of the molecule is CC.COc1ccc(C(=O)Nc2ccc3nc(-c4ccc(F)cc4)n(C)c3n2)cc1. The average molecular weight is 406 g/mol. The van der Waals surface area contributed by atoms with Crippen LogP contribution >= 0.6 is 0 Å². The van der Waals surface area contributed by atoms with E-state index in [2.05, 4.69) is 15.3 Å². The number of carbonyl (C=O) groups excluding carboxylic acids is 1. The fourth-order valence-electron chi connectivity index (χ4n) is 2.92. The molecule has 2 aromatic carbocycles. The number of pyridine rings is 1. The van der Waals surface area contributed by atoms with Crippen LogP contribution in [0.5, 0.6) is 5.75 Å². The van der Waals surface area contributed by atoms with Crippen molar-refractivity contribution >= 4 is 22.9 Å². The van der Waals surface area contributed by atoms with Crippen molar-refractivity contribution in [1.29, 1.82) is 0 Å². The summed E-state index contributed by atoms with van der Waals surface area (Å²) in [6, 6.07) is 16.4. The molecule has 0 bridgehead atoms. The first-order chi connectivity index (χ1) is 14.5. The van der Waals surface area contributed by atoms with E-state index in [1.807, 2.05) is 25.5 Å². The molecule has 7 heteroatoms. The van der Waals surface area contributed by atoms with E-state index in [4.69, 9.17) is 4.74 Å². The minimum absolute atomic E-state index is 0.268. The summed E-state index contributed by atoms with van der Waals surface area (Å²) < 4.78 is 20.1. The van der Waals surface area contributed by atoms with Crippen LogP contribution in [0.3, 0.4) is 0 Å². The number of nitrogens with one attached hydrogen (secondary N) is 1. The Morgan fingerprint density at radius 1 is 0.967 bits per heavy atom. The number of aromatic nitrogens is 3. The van der Waals surface area contributed by atoms with E-state index < -0.39 is 0 Å². The fraction of sp³-hybridized carbons (Fsp3) is 0.174. The van der Waals surface area contributed by atoms with Gasteiger partial charge in [-0.2, -0.15) is 0 Å². The molecule has 1 amide bonds. The van der Waals surface area contributed by atoms with Crippen LogP contribution in [0.1, 0.15) is 24.2 Å². The molecule has 0 aliphatic rings. The standard InChI is InChI=1S/C21H17FN4O2.C2H6/c1-26-19(13-3-7-15(22)8-4-13)23-17-11-12-18(24-20(17)26)25-21(27)14-5-9-16(28-2)10-6-14;1-2/h3-12H,1-2H3,(H,24,25,27);1-2H3. The number of methoxy groups -OCH3 is 1. The average Bonchev–Trinajstić information content (AvgIpc) is 3.11. The van der Waals surface area contributed by atoms with Gasteiger partial charge in [0.1, 0.15) is 28.7 Å². The van der Waals surface area contributed by atoms with Crippen LogP contribution in [0.2, 0.25) is 0 Å². The molecule has 4 aromatic rings. The van der Waals surface area contributed by atoms with E-state index in [0.717, 1.165) is 5.56 Å². The molecule has 0 aliphatic heterocycles. The highest BCUT2D eigenvalue weighted by atomic mass is 19.1. The van der Waals surface area contributed by atoms with Crippen molar-refractivity contribution in [2.75, 3.05) is 12.4 Å². The van der Waals surface area contributed by atoms with Gasteiger partial charge in [-0.25, -0.2) is 14.4 Å². The number of amides is 1. The zero-order valence-electron chi connectivity index (χ0n) is 17.3. The first kappa shape index (κ1) is 21.0. The minimum Gasteiger partial charge on any atom is -0.497 e. The molecule has 0 unspecified atom stereocenters. The lowest BCUT2D eigenvalue weighted by Crippen LogP contribution is -2.13. The van der Waals surface area contributed by atoms with Gasteiger partial charge in [-0.05, 0) is 60.7 Å². The fourth-order valence-corrected chi connectivity index (χ4v) is 2.92. The Balaban J connectivity index is 0.00000124. The van der Waals surface area contributed by atoms with Gasteiger partial charge in [-0.1, -0.05) is 13.8 Å². The molecule has 30 heavy (non-hydrogen) atoms. The molecule has 0 saturated carbocycles. The molecule has 6 nitrogen and oxygen atoms in total. The summed E-state index contributed by atoms with van der Waals surface area (Å²) in [4.78, 5) is 21.5. The van der Waals surface area contributed by atoms with Crippen molar-refractivity contribution in [1.82, 2.24) is 14.5 Å². The predicted octanol–water partition coefficient (Wildman–Crippen LogP) is 5.06. The Hall–Kier alpha value is -3.74. The Morgan fingerprint density at radius 3 is 2.27 bits per heavy atom. The van der Waals surface area contributed by atoms with Crippen LogP contribution in [0.4, 0.5) is 10.2 Å². The molecule has 0 fully saturated rings. The molecule has 0 atom stereocenters. The number of ether oxygens (including phenoxy) is 1. The number of hydrogen-bond acceptors (Lipinski definition) is 4. The Kier molecular flexibility index (Phi) is 6.41. The predicted molar refractivity (Wildman–Crippen MR) is 116 cm³/mol. The van der Waals surface area contributed by atoms with Gasteiger partial charge >= 0.3 is 0 Å². The molecule has 0 saturated heterocycles. The quantitative estimate of drug-likeness (QED) is 0.514. The topological polar surface area (TPSA) is 69.0 Å². The van der Waals surface area contributed by atoms with E-state index in [1.165, 1.54) is 12.1 Å². The van der Waals surface area contributed by atoms with Gasteiger partial charge in [-0.3, -0.25) is 4.79 Å². The number of nitrogens with zero attached hydrogens (tertiary/aromatic N) is 3. The van der Waals surface area contributed by atoms with Gasteiger partial charge in [0, 0.05) is 18.2 Å². The van der Waals surface area contributed by atoms with Crippen LogP contribution in [0.15, 0.2) is 60.7 Å². The molecule has 0 aliphatic carbocycles. The van der Waals surface area contributed by atoms with Crippen LogP contribution in [-0.4, -0.2) is 27.6 Å². The molecule has 2 aromatic heterocycles. The molecular formula is C23H23FN4O2. The second kappa shape index (κ2) is 9.17. The van der Waals surface area contributed by atoms with Crippen LogP contribution < -0.4 is 10.1 Å². The highest BCUT2D eigenvalue weighted by Crippen LogP contribution is 2.24. The summed E-state index contributed by atoms with van der Waals surface area (Å²) in [7, 11) is 3.40. The highest BCUT2D eigenvalue weighted by molar-refractivity contribution is 6.04. The van der Waals surface area contributed by atoms with Crippen molar-refractivity contribution in [3.63, 3.8) is 0 Å². The summed E-state index contributed by atoms with van der Waals surface area (Å²) >= 11 is 0. The van der Waals surface area contributed by atoms with Crippen molar-refractivity contribution in [2.24, 2.45) is 7.05 Å². The van der Waals surface area contributed by atoms with Crippen molar-refractivity contribution in [2.45, 2.75) is 13.8 Å². The molecule has 2 heterocycles. The zero-order valence-corrected chi connectivity index (χ0v) is 17.3. The van der Waals surface area contributed by atoms with Gasteiger partial charge in [0.15, 0.2) is 5.65 Å². The van der Waals surface area contributed by atoms with E-state index in [1.54, 1.807) is 55.6 Å². The summed E-state index contributed by atoms with van der Waals surface area (Å²) in [5.74, 6) is 1.20. The smallest absolute Gasteiger partial charge is 0.256 e. The van der Waals surface area contributed by atoms with E-state index >= 15 is 0 Å². The monoisotopic (exact) mass is 406 g/mol. The number of rotatable bonds is 4. The normalized spacial score (nSPS) is 10.3. The number of aryl methyl sites for hydroxylation is 1. The molecular weight excluding hydrogens is 383 g/mol. The molecule has 1 N–H and O–H groups in total. The first-order valence-corrected chi connectivity index (χ1v) is 9.60.